The van der Waals surface area contributed by atoms with E-state index in [0.29, 0.717) is 5.92 Å². The van der Waals surface area contributed by atoms with Crippen LogP contribution in [0.4, 0.5) is 0 Å². The molecule has 0 aromatic heterocycles. The van der Waals surface area contributed by atoms with Crippen LogP contribution >= 0.6 is 0 Å². The first-order chi connectivity index (χ1) is 8.91. The maximum absolute atomic E-state index is 12.0. The molecule has 4 nitrogen and oxygen atoms in total. The first-order valence-electron chi connectivity index (χ1n) is 7.27. The molecule has 1 saturated carbocycles. The van der Waals surface area contributed by atoms with Crippen LogP contribution in [0, 0.1) is 23.2 Å². The molecule has 0 heterocycles. The summed E-state index contributed by atoms with van der Waals surface area (Å²) in [6.07, 6.45) is 4.24. The van der Waals surface area contributed by atoms with Gasteiger partial charge >= 0.3 is 0 Å². The van der Waals surface area contributed by atoms with Crippen molar-refractivity contribution >= 4 is 5.91 Å². The van der Waals surface area contributed by atoms with Gasteiger partial charge in [0.1, 0.15) is 5.54 Å². The summed E-state index contributed by atoms with van der Waals surface area (Å²) >= 11 is 0. The highest BCUT2D eigenvalue weighted by Gasteiger charge is 2.39. The average Bonchev–Trinajstić information content (AvgIpc) is 2.38. The summed E-state index contributed by atoms with van der Waals surface area (Å²) in [4.78, 5) is 14.0. The predicted molar refractivity (Wildman–Crippen MR) is 76.5 cm³/mol. The Balaban J connectivity index is 2.41. The van der Waals surface area contributed by atoms with Crippen LogP contribution in [0.1, 0.15) is 46.0 Å². The third-order valence-corrected chi connectivity index (χ3v) is 4.27. The molecule has 0 atom stereocenters. The van der Waals surface area contributed by atoms with E-state index in [-0.39, 0.29) is 17.4 Å². The van der Waals surface area contributed by atoms with Gasteiger partial charge in [0.25, 0.3) is 0 Å². The molecule has 1 rings (SSSR count). The molecule has 0 aromatic rings. The van der Waals surface area contributed by atoms with Crippen LogP contribution in [0.3, 0.4) is 0 Å². The van der Waals surface area contributed by atoms with E-state index in [1.807, 2.05) is 19.0 Å². The molecule has 0 saturated heterocycles. The second kappa shape index (κ2) is 6.91. The van der Waals surface area contributed by atoms with Crippen LogP contribution in [0.25, 0.3) is 0 Å². The van der Waals surface area contributed by atoms with Crippen molar-refractivity contribution in [3.63, 3.8) is 0 Å². The highest BCUT2D eigenvalue weighted by molar-refractivity contribution is 5.78. The molecule has 19 heavy (non-hydrogen) atoms. The number of hydrogen-bond acceptors (Lipinski definition) is 3. The van der Waals surface area contributed by atoms with Crippen LogP contribution in [0.15, 0.2) is 0 Å². The van der Waals surface area contributed by atoms with Gasteiger partial charge in [-0.25, -0.2) is 0 Å². The van der Waals surface area contributed by atoms with Gasteiger partial charge in [-0.3, -0.25) is 9.69 Å². The van der Waals surface area contributed by atoms with Gasteiger partial charge in [0.2, 0.25) is 5.91 Å². The summed E-state index contributed by atoms with van der Waals surface area (Å²) < 4.78 is 0. The number of carbonyl (C=O) groups is 1. The monoisotopic (exact) mass is 265 g/mol. The second-order valence-corrected chi connectivity index (χ2v) is 6.29. The zero-order valence-electron chi connectivity index (χ0n) is 12.7. The molecular weight excluding hydrogens is 238 g/mol. The highest BCUT2D eigenvalue weighted by Crippen LogP contribution is 2.34. The Labute approximate surface area is 117 Å². The topological polar surface area (TPSA) is 56.1 Å². The molecular formula is C15H27N3O. The molecule has 108 valence electrons. The fourth-order valence-corrected chi connectivity index (χ4v) is 2.64. The zero-order chi connectivity index (χ0) is 14.5. The van der Waals surface area contributed by atoms with Crippen LogP contribution < -0.4 is 5.32 Å². The van der Waals surface area contributed by atoms with E-state index in [0.717, 1.165) is 38.6 Å². The lowest BCUT2D eigenvalue weighted by Gasteiger charge is -2.39. The molecule has 0 aromatic carbocycles. The van der Waals surface area contributed by atoms with Crippen LogP contribution in [-0.2, 0) is 4.79 Å². The van der Waals surface area contributed by atoms with E-state index < -0.39 is 0 Å². The Kier molecular flexibility index (Phi) is 5.81. The molecule has 1 N–H and O–H groups in total. The van der Waals surface area contributed by atoms with Crippen LogP contribution in [-0.4, -0.2) is 37.0 Å². The first-order valence-corrected chi connectivity index (χ1v) is 7.27. The molecule has 1 amide bonds. The van der Waals surface area contributed by atoms with Gasteiger partial charge in [-0.1, -0.05) is 13.8 Å². The molecule has 0 spiro atoms. The third-order valence-electron chi connectivity index (χ3n) is 4.27. The average molecular weight is 265 g/mol. The minimum Gasteiger partial charge on any atom is -0.356 e. The van der Waals surface area contributed by atoms with Crippen molar-refractivity contribution in [2.24, 2.45) is 11.8 Å². The summed E-state index contributed by atoms with van der Waals surface area (Å²) in [6.45, 7) is 5.08. The summed E-state index contributed by atoms with van der Waals surface area (Å²) in [5.74, 6) is 0.881. The summed E-state index contributed by atoms with van der Waals surface area (Å²) in [5.41, 5.74) is -0.366. The van der Waals surface area contributed by atoms with E-state index >= 15 is 0 Å². The maximum Gasteiger partial charge on any atom is 0.223 e. The lowest BCUT2D eigenvalue weighted by molar-refractivity contribution is -0.126. The van der Waals surface area contributed by atoms with Crippen LogP contribution in [0.2, 0.25) is 0 Å². The minimum atomic E-state index is -0.366. The second-order valence-electron chi connectivity index (χ2n) is 6.29. The number of nitrogens with zero attached hydrogens (tertiary/aromatic N) is 2. The number of hydrogen-bond donors (Lipinski definition) is 1. The van der Waals surface area contributed by atoms with Crippen molar-refractivity contribution in [2.45, 2.75) is 51.5 Å². The number of nitriles is 1. The normalized spacial score (nSPS) is 27.3. The molecule has 0 aliphatic heterocycles. The fourth-order valence-electron chi connectivity index (χ4n) is 2.64. The lowest BCUT2D eigenvalue weighted by Crippen LogP contribution is -2.47. The Morgan fingerprint density at radius 3 is 2.42 bits per heavy atom. The summed E-state index contributed by atoms with van der Waals surface area (Å²) in [5, 5.41) is 12.4. The highest BCUT2D eigenvalue weighted by atomic mass is 16.1. The Bertz CT molecular complexity index is 336. The number of nitrogens with one attached hydrogen (secondary N) is 1. The molecule has 1 fully saturated rings. The van der Waals surface area contributed by atoms with E-state index in [1.54, 1.807) is 0 Å². The Hall–Kier alpha value is -1.08. The van der Waals surface area contributed by atoms with E-state index in [2.05, 4.69) is 25.2 Å². The molecule has 4 heteroatoms. The van der Waals surface area contributed by atoms with Crippen molar-refractivity contribution < 1.29 is 4.79 Å². The zero-order valence-corrected chi connectivity index (χ0v) is 12.7. The quantitative estimate of drug-likeness (QED) is 0.829. The standard InChI is InChI=1S/C15H27N3O/c1-12(2)7-10-17-14(19)13-5-8-15(11-16,9-6-13)18(3)4/h12-13H,5-10H2,1-4H3,(H,17,19). The molecule has 1 aliphatic carbocycles. The van der Waals surface area contributed by atoms with Gasteiger partial charge in [-0.2, -0.15) is 5.26 Å². The van der Waals surface area contributed by atoms with Gasteiger partial charge in [0, 0.05) is 12.5 Å². The van der Waals surface area contributed by atoms with Gasteiger partial charge in [0.05, 0.1) is 6.07 Å². The van der Waals surface area contributed by atoms with Crippen molar-refractivity contribution in [1.29, 1.82) is 5.26 Å². The van der Waals surface area contributed by atoms with Crippen molar-refractivity contribution in [1.82, 2.24) is 10.2 Å². The van der Waals surface area contributed by atoms with Gasteiger partial charge in [0.15, 0.2) is 0 Å². The SMILES string of the molecule is CC(C)CCNC(=O)C1CCC(C#N)(N(C)C)CC1. The number of rotatable bonds is 5. The number of carbonyl (C=O) groups excluding carboxylic acids is 1. The number of amides is 1. The largest absolute Gasteiger partial charge is 0.356 e. The molecule has 0 unspecified atom stereocenters. The molecule has 0 radical (unpaired) electrons. The Morgan fingerprint density at radius 1 is 1.42 bits per heavy atom. The van der Waals surface area contributed by atoms with Crippen molar-refractivity contribution in [2.75, 3.05) is 20.6 Å². The summed E-state index contributed by atoms with van der Waals surface area (Å²) in [7, 11) is 3.90. The molecule has 0 bridgehead atoms. The van der Waals surface area contributed by atoms with Gasteiger partial charge < -0.3 is 5.32 Å². The van der Waals surface area contributed by atoms with Gasteiger partial charge in [-0.15, -0.1) is 0 Å². The van der Waals surface area contributed by atoms with E-state index in [1.165, 1.54) is 0 Å². The van der Waals surface area contributed by atoms with Crippen molar-refractivity contribution in [3.05, 3.63) is 0 Å². The first kappa shape index (κ1) is 16.0. The van der Waals surface area contributed by atoms with Crippen LogP contribution in [0.5, 0.6) is 0 Å². The maximum atomic E-state index is 12.0. The van der Waals surface area contributed by atoms with E-state index in [9.17, 15) is 10.1 Å². The van der Waals surface area contributed by atoms with Gasteiger partial charge in [-0.05, 0) is 52.1 Å². The molecule has 1 aliphatic rings. The fraction of sp³-hybridized carbons (Fsp3) is 0.867. The van der Waals surface area contributed by atoms with E-state index in [4.69, 9.17) is 0 Å². The lowest BCUT2D eigenvalue weighted by atomic mass is 9.76. The van der Waals surface area contributed by atoms with Crippen molar-refractivity contribution in [3.8, 4) is 6.07 Å². The Morgan fingerprint density at radius 2 is 2.00 bits per heavy atom. The third kappa shape index (κ3) is 4.21. The predicted octanol–water partition coefficient (Wildman–Crippen LogP) is 2.16. The minimum absolute atomic E-state index is 0.0913. The summed E-state index contributed by atoms with van der Waals surface area (Å²) in [6, 6.07) is 2.43. The smallest absolute Gasteiger partial charge is 0.223 e.